The minimum absolute atomic E-state index is 0.134. The summed E-state index contributed by atoms with van der Waals surface area (Å²) in [5, 5.41) is 6.63. The molecule has 0 saturated carbocycles. The zero-order chi connectivity index (χ0) is 14.4. The van der Waals surface area contributed by atoms with Crippen molar-refractivity contribution in [1.82, 2.24) is 14.9 Å². The van der Waals surface area contributed by atoms with Crippen molar-refractivity contribution in [1.29, 1.82) is 0 Å². The number of nitrogens with one attached hydrogen (secondary N) is 1. The number of carbonyl (C=O) groups is 2. The zero-order valence-electron chi connectivity index (χ0n) is 10.8. The Kier molecular flexibility index (Phi) is 4.78. The van der Waals surface area contributed by atoms with Crippen molar-refractivity contribution in [3.63, 3.8) is 0 Å². The van der Waals surface area contributed by atoms with E-state index in [9.17, 15) is 9.59 Å². The number of esters is 1. The Morgan fingerprint density at radius 1 is 1.30 bits per heavy atom. The second-order valence-corrected chi connectivity index (χ2v) is 4.65. The summed E-state index contributed by atoms with van der Waals surface area (Å²) in [6, 6.07) is 9.35. The molecule has 0 aliphatic rings. The van der Waals surface area contributed by atoms with Crippen LogP contribution >= 0.6 is 11.5 Å². The molecule has 0 aliphatic carbocycles. The fraction of sp³-hybridized carbons (Fsp3) is 0.231. The molecule has 20 heavy (non-hydrogen) atoms. The molecule has 0 unspecified atom stereocenters. The highest BCUT2D eigenvalue weighted by Gasteiger charge is 2.17. The molecule has 104 valence electrons. The van der Waals surface area contributed by atoms with Gasteiger partial charge >= 0.3 is 5.97 Å². The first-order valence-corrected chi connectivity index (χ1v) is 6.72. The van der Waals surface area contributed by atoms with Crippen LogP contribution in [0.5, 0.6) is 0 Å². The zero-order valence-corrected chi connectivity index (χ0v) is 11.6. The number of aromatic nitrogens is 2. The fourth-order valence-corrected chi connectivity index (χ4v) is 2.19. The van der Waals surface area contributed by atoms with E-state index in [0.29, 0.717) is 10.6 Å². The molecule has 2 rings (SSSR count). The fourth-order valence-electron chi connectivity index (χ4n) is 1.58. The molecule has 0 spiro atoms. The number of benzene rings is 1. The molecule has 6 nitrogen and oxygen atoms in total. The summed E-state index contributed by atoms with van der Waals surface area (Å²) in [6.45, 7) is 0.220. The van der Waals surface area contributed by atoms with E-state index in [2.05, 4.69) is 19.6 Å². The molecular formula is C13H13N3O3S. The minimum atomic E-state index is -0.365. The van der Waals surface area contributed by atoms with Crippen molar-refractivity contribution < 1.29 is 14.3 Å². The summed E-state index contributed by atoms with van der Waals surface area (Å²) < 4.78 is 8.32. The predicted octanol–water partition coefficient (Wildman–Crippen LogP) is 1.50. The maximum Gasteiger partial charge on any atom is 0.307 e. The van der Waals surface area contributed by atoms with Gasteiger partial charge in [0, 0.05) is 12.1 Å². The normalized spacial score (nSPS) is 10.1. The number of nitrogens with zero attached hydrogens (tertiary/aromatic N) is 2. The SMILES string of the molecule is COC(=O)CCNC(=O)c1snnc1-c1ccccc1. The van der Waals surface area contributed by atoms with Crippen molar-refractivity contribution in [3.05, 3.63) is 35.2 Å². The molecule has 0 fully saturated rings. The summed E-state index contributed by atoms with van der Waals surface area (Å²) in [7, 11) is 1.31. The predicted molar refractivity (Wildman–Crippen MR) is 74.3 cm³/mol. The summed E-state index contributed by atoms with van der Waals surface area (Å²) in [5.74, 6) is -0.654. The number of hydrogen-bond acceptors (Lipinski definition) is 6. The van der Waals surface area contributed by atoms with Gasteiger partial charge in [-0.1, -0.05) is 34.8 Å². The van der Waals surface area contributed by atoms with Crippen LogP contribution in [0.2, 0.25) is 0 Å². The average molecular weight is 291 g/mol. The Balaban J connectivity index is 2.05. The second kappa shape index (κ2) is 6.76. The third-order valence-corrected chi connectivity index (χ3v) is 3.31. The van der Waals surface area contributed by atoms with E-state index in [1.807, 2.05) is 30.3 Å². The first kappa shape index (κ1) is 14.1. The molecule has 0 bridgehead atoms. The molecule has 0 atom stereocenters. The quantitative estimate of drug-likeness (QED) is 0.844. The maximum absolute atomic E-state index is 12.0. The highest BCUT2D eigenvalue weighted by molar-refractivity contribution is 7.08. The monoisotopic (exact) mass is 291 g/mol. The topological polar surface area (TPSA) is 81.2 Å². The lowest BCUT2D eigenvalue weighted by Gasteiger charge is -2.03. The Morgan fingerprint density at radius 3 is 2.75 bits per heavy atom. The van der Waals surface area contributed by atoms with E-state index in [4.69, 9.17) is 0 Å². The van der Waals surface area contributed by atoms with Crippen LogP contribution in [0.3, 0.4) is 0 Å². The standard InChI is InChI=1S/C13H13N3O3S/c1-19-10(17)7-8-14-13(18)12-11(15-16-20-12)9-5-3-2-4-6-9/h2-6H,7-8H2,1H3,(H,14,18). The number of methoxy groups -OCH3 is 1. The van der Waals surface area contributed by atoms with Gasteiger partial charge in [-0.25, -0.2) is 0 Å². The van der Waals surface area contributed by atoms with Crippen LogP contribution in [-0.2, 0) is 9.53 Å². The Morgan fingerprint density at radius 2 is 2.05 bits per heavy atom. The molecule has 0 radical (unpaired) electrons. The highest BCUT2D eigenvalue weighted by Crippen LogP contribution is 2.23. The van der Waals surface area contributed by atoms with Gasteiger partial charge in [0.15, 0.2) is 0 Å². The van der Waals surface area contributed by atoms with Crippen LogP contribution in [0.25, 0.3) is 11.3 Å². The number of ether oxygens (including phenoxy) is 1. The summed E-state index contributed by atoms with van der Waals surface area (Å²) in [5.41, 5.74) is 1.38. The molecule has 1 amide bonds. The Hall–Kier alpha value is -2.28. The molecule has 7 heteroatoms. The van der Waals surface area contributed by atoms with Gasteiger partial charge in [0.25, 0.3) is 5.91 Å². The lowest BCUT2D eigenvalue weighted by molar-refractivity contribution is -0.140. The van der Waals surface area contributed by atoms with Crippen LogP contribution in [0.1, 0.15) is 16.1 Å². The van der Waals surface area contributed by atoms with Gasteiger partial charge < -0.3 is 10.1 Å². The molecule has 1 aromatic heterocycles. The van der Waals surface area contributed by atoms with Crippen LogP contribution < -0.4 is 5.32 Å². The average Bonchev–Trinajstić information content (AvgIpc) is 2.97. The van der Waals surface area contributed by atoms with Crippen molar-refractivity contribution in [2.24, 2.45) is 0 Å². The molecule has 1 N–H and O–H groups in total. The van der Waals surface area contributed by atoms with Gasteiger partial charge in [-0.3, -0.25) is 9.59 Å². The van der Waals surface area contributed by atoms with Crippen LogP contribution in [0, 0.1) is 0 Å². The Labute approximate surface area is 119 Å². The van der Waals surface area contributed by atoms with E-state index >= 15 is 0 Å². The van der Waals surface area contributed by atoms with Crippen LogP contribution in [-0.4, -0.2) is 35.1 Å². The van der Waals surface area contributed by atoms with Crippen molar-refractivity contribution in [2.45, 2.75) is 6.42 Å². The minimum Gasteiger partial charge on any atom is -0.469 e. The van der Waals surface area contributed by atoms with Crippen LogP contribution in [0.4, 0.5) is 0 Å². The van der Waals surface area contributed by atoms with Gasteiger partial charge in [-0.15, -0.1) is 5.10 Å². The van der Waals surface area contributed by atoms with E-state index in [1.165, 1.54) is 7.11 Å². The van der Waals surface area contributed by atoms with Gasteiger partial charge in [0.05, 0.1) is 13.5 Å². The Bertz CT molecular complexity index is 598. The van der Waals surface area contributed by atoms with Gasteiger partial charge in [-0.2, -0.15) is 0 Å². The van der Waals surface area contributed by atoms with E-state index in [1.54, 1.807) is 0 Å². The lowest BCUT2D eigenvalue weighted by Crippen LogP contribution is -2.26. The largest absolute Gasteiger partial charge is 0.469 e. The van der Waals surface area contributed by atoms with Gasteiger partial charge in [-0.05, 0) is 11.5 Å². The third kappa shape index (κ3) is 3.39. The van der Waals surface area contributed by atoms with E-state index < -0.39 is 0 Å². The molecule has 1 aromatic carbocycles. The van der Waals surface area contributed by atoms with Crippen molar-refractivity contribution >= 4 is 23.4 Å². The number of amides is 1. The van der Waals surface area contributed by atoms with E-state index in [0.717, 1.165) is 17.1 Å². The van der Waals surface area contributed by atoms with Crippen molar-refractivity contribution in [3.8, 4) is 11.3 Å². The summed E-state index contributed by atoms with van der Waals surface area (Å²) >= 11 is 1.03. The first-order chi connectivity index (χ1) is 9.72. The molecule has 0 aliphatic heterocycles. The van der Waals surface area contributed by atoms with Crippen LogP contribution in [0.15, 0.2) is 30.3 Å². The first-order valence-electron chi connectivity index (χ1n) is 5.95. The molecule has 2 aromatic rings. The smallest absolute Gasteiger partial charge is 0.307 e. The van der Waals surface area contributed by atoms with Gasteiger partial charge in [0.2, 0.25) is 0 Å². The van der Waals surface area contributed by atoms with E-state index in [-0.39, 0.29) is 24.8 Å². The lowest BCUT2D eigenvalue weighted by atomic mass is 10.1. The second-order valence-electron chi connectivity index (χ2n) is 3.90. The summed E-state index contributed by atoms with van der Waals surface area (Å²) in [4.78, 5) is 23.4. The molecule has 1 heterocycles. The summed E-state index contributed by atoms with van der Waals surface area (Å²) in [6.07, 6.45) is 0.134. The highest BCUT2D eigenvalue weighted by atomic mass is 32.1. The number of hydrogen-bond donors (Lipinski definition) is 1. The third-order valence-electron chi connectivity index (χ3n) is 2.58. The maximum atomic E-state index is 12.0. The number of rotatable bonds is 5. The van der Waals surface area contributed by atoms with Crippen molar-refractivity contribution in [2.75, 3.05) is 13.7 Å². The molecular weight excluding hydrogens is 278 g/mol. The molecule has 0 saturated heterocycles. The number of carbonyl (C=O) groups excluding carboxylic acids is 2. The van der Waals surface area contributed by atoms with Gasteiger partial charge in [0.1, 0.15) is 10.6 Å².